The molecule has 0 bridgehead atoms. The first kappa shape index (κ1) is 11.0. The fourth-order valence-electron chi connectivity index (χ4n) is 1.27. The van der Waals surface area contributed by atoms with Crippen molar-refractivity contribution in [2.24, 2.45) is 5.73 Å². The Balaban J connectivity index is 2.47. The minimum Gasteiger partial charge on any atom is -0.391 e. The van der Waals surface area contributed by atoms with Crippen LogP contribution in [0.25, 0.3) is 10.2 Å². The van der Waals surface area contributed by atoms with E-state index in [1.165, 1.54) is 11.3 Å². The number of hydrogen-bond acceptors (Lipinski definition) is 4. The zero-order valence-corrected chi connectivity index (χ0v) is 10.5. The van der Waals surface area contributed by atoms with Gasteiger partial charge in [-0.3, -0.25) is 0 Å². The van der Waals surface area contributed by atoms with E-state index in [1.54, 1.807) is 6.92 Å². The third-order valence-corrected chi connectivity index (χ3v) is 3.78. The molecular weight excluding hydrogens is 276 g/mol. The summed E-state index contributed by atoms with van der Waals surface area (Å²) in [7, 11) is 0. The fraction of sp³-hybridized carbons (Fsp3) is 0.300. The van der Waals surface area contributed by atoms with Crippen LogP contribution in [-0.2, 0) is 0 Å². The summed E-state index contributed by atoms with van der Waals surface area (Å²) in [5.41, 5.74) is 6.75. The number of hydrogen-bond donors (Lipinski definition) is 2. The summed E-state index contributed by atoms with van der Waals surface area (Å²) in [6.45, 7) is 1.67. The van der Waals surface area contributed by atoms with Crippen molar-refractivity contribution in [3.63, 3.8) is 0 Å². The van der Waals surface area contributed by atoms with Crippen LogP contribution in [0.1, 0.15) is 18.0 Å². The van der Waals surface area contributed by atoms with Gasteiger partial charge in [0.05, 0.1) is 22.4 Å². The number of halogens is 1. The van der Waals surface area contributed by atoms with Crippen LogP contribution in [0.3, 0.4) is 0 Å². The Morgan fingerprint density at radius 2 is 2.27 bits per heavy atom. The summed E-state index contributed by atoms with van der Waals surface area (Å²) in [5, 5.41) is 10.2. The molecule has 5 heteroatoms. The molecule has 0 saturated carbocycles. The van der Waals surface area contributed by atoms with Crippen LogP contribution < -0.4 is 5.73 Å². The van der Waals surface area contributed by atoms with Gasteiger partial charge in [-0.25, -0.2) is 4.98 Å². The summed E-state index contributed by atoms with van der Waals surface area (Å²) < 4.78 is 2.10. The van der Waals surface area contributed by atoms with E-state index in [1.807, 2.05) is 18.2 Å². The normalized spacial score (nSPS) is 15.5. The third-order valence-electron chi connectivity index (χ3n) is 2.17. The molecule has 1 heterocycles. The lowest BCUT2D eigenvalue weighted by molar-refractivity contribution is 0.164. The van der Waals surface area contributed by atoms with Gasteiger partial charge < -0.3 is 10.8 Å². The Morgan fingerprint density at radius 3 is 2.93 bits per heavy atom. The van der Waals surface area contributed by atoms with Crippen molar-refractivity contribution in [2.75, 3.05) is 0 Å². The minimum atomic E-state index is -0.575. The van der Waals surface area contributed by atoms with Crippen LogP contribution in [-0.4, -0.2) is 16.2 Å². The van der Waals surface area contributed by atoms with Gasteiger partial charge in [0.15, 0.2) is 0 Å². The van der Waals surface area contributed by atoms with Gasteiger partial charge in [-0.05, 0) is 25.1 Å². The number of aliphatic hydroxyl groups is 1. The number of nitrogens with zero attached hydrogens (tertiary/aromatic N) is 1. The van der Waals surface area contributed by atoms with Crippen molar-refractivity contribution < 1.29 is 5.11 Å². The Hall–Kier alpha value is -0.490. The topological polar surface area (TPSA) is 59.1 Å². The highest BCUT2D eigenvalue weighted by Crippen LogP contribution is 2.28. The number of fused-ring (bicyclic) bond motifs is 1. The maximum Gasteiger partial charge on any atom is 0.113 e. The predicted molar refractivity (Wildman–Crippen MR) is 65.9 cm³/mol. The van der Waals surface area contributed by atoms with Crippen molar-refractivity contribution >= 4 is 37.5 Å². The van der Waals surface area contributed by atoms with E-state index in [-0.39, 0.29) is 0 Å². The molecule has 0 fully saturated rings. The smallest absolute Gasteiger partial charge is 0.113 e. The van der Waals surface area contributed by atoms with Gasteiger partial charge in [-0.2, -0.15) is 0 Å². The second kappa shape index (κ2) is 4.17. The molecule has 0 aliphatic heterocycles. The van der Waals surface area contributed by atoms with Gasteiger partial charge in [-0.15, -0.1) is 11.3 Å². The van der Waals surface area contributed by atoms with E-state index < -0.39 is 12.1 Å². The fourth-order valence-corrected chi connectivity index (χ4v) is 2.88. The highest BCUT2D eigenvalue weighted by atomic mass is 79.9. The first-order valence-electron chi connectivity index (χ1n) is 4.57. The summed E-state index contributed by atoms with van der Waals surface area (Å²) in [4.78, 5) is 4.39. The molecule has 2 unspecified atom stereocenters. The molecule has 0 aliphatic rings. The van der Waals surface area contributed by atoms with Crippen molar-refractivity contribution in [1.82, 2.24) is 4.98 Å². The molecule has 15 heavy (non-hydrogen) atoms. The van der Waals surface area contributed by atoms with Gasteiger partial charge in [0, 0.05) is 4.47 Å². The van der Waals surface area contributed by atoms with Crippen LogP contribution in [0.15, 0.2) is 22.7 Å². The second-order valence-electron chi connectivity index (χ2n) is 3.43. The summed E-state index contributed by atoms with van der Waals surface area (Å²) >= 11 is 4.93. The molecule has 3 N–H and O–H groups in total. The maximum atomic E-state index is 9.39. The number of aromatic nitrogens is 1. The lowest BCUT2D eigenvalue weighted by Gasteiger charge is -2.10. The highest BCUT2D eigenvalue weighted by Gasteiger charge is 2.16. The van der Waals surface area contributed by atoms with Crippen LogP contribution in [0.4, 0.5) is 0 Å². The summed E-state index contributed by atoms with van der Waals surface area (Å²) in [5.74, 6) is 0. The van der Waals surface area contributed by atoms with E-state index in [9.17, 15) is 5.11 Å². The first-order chi connectivity index (χ1) is 7.08. The Labute approximate surface area is 100 Å². The van der Waals surface area contributed by atoms with Gasteiger partial charge in [0.1, 0.15) is 5.01 Å². The van der Waals surface area contributed by atoms with E-state index in [4.69, 9.17) is 5.73 Å². The standard InChI is InChI=1S/C10H11BrN2OS/c1-5(14)9(12)10-13-7-3-2-6(11)4-8(7)15-10/h2-5,9,14H,12H2,1H3. The molecule has 3 nitrogen and oxygen atoms in total. The predicted octanol–water partition coefficient (Wildman–Crippen LogP) is 2.44. The second-order valence-corrected chi connectivity index (χ2v) is 5.41. The molecule has 0 radical (unpaired) electrons. The van der Waals surface area contributed by atoms with Gasteiger partial charge >= 0.3 is 0 Å². The Bertz CT molecular complexity index is 483. The highest BCUT2D eigenvalue weighted by molar-refractivity contribution is 9.10. The Kier molecular flexibility index (Phi) is 3.06. The van der Waals surface area contributed by atoms with Crippen molar-refractivity contribution in [1.29, 1.82) is 0 Å². The molecule has 80 valence electrons. The van der Waals surface area contributed by atoms with Crippen LogP contribution in [0, 0.1) is 0 Å². The van der Waals surface area contributed by atoms with E-state index in [2.05, 4.69) is 20.9 Å². The van der Waals surface area contributed by atoms with E-state index in [0.717, 1.165) is 19.7 Å². The molecular formula is C10H11BrN2OS. The van der Waals surface area contributed by atoms with Crippen molar-refractivity contribution in [3.8, 4) is 0 Å². The summed E-state index contributed by atoms with van der Waals surface area (Å²) in [6, 6.07) is 5.49. The average Bonchev–Trinajstić information content (AvgIpc) is 2.58. The number of thiazole rings is 1. The number of aliphatic hydroxyl groups excluding tert-OH is 1. The molecule has 2 aromatic rings. The largest absolute Gasteiger partial charge is 0.391 e. The number of nitrogens with two attached hydrogens (primary N) is 1. The van der Waals surface area contributed by atoms with Crippen molar-refractivity contribution in [3.05, 3.63) is 27.7 Å². The average molecular weight is 287 g/mol. The molecule has 2 atom stereocenters. The quantitative estimate of drug-likeness (QED) is 0.892. The lowest BCUT2D eigenvalue weighted by Crippen LogP contribution is -2.22. The number of rotatable bonds is 2. The van der Waals surface area contributed by atoms with Crippen LogP contribution >= 0.6 is 27.3 Å². The molecule has 2 rings (SSSR count). The monoisotopic (exact) mass is 286 g/mol. The maximum absolute atomic E-state index is 9.39. The summed E-state index contributed by atoms with van der Waals surface area (Å²) in [6.07, 6.45) is -0.575. The minimum absolute atomic E-state index is 0.402. The zero-order chi connectivity index (χ0) is 11.0. The molecule has 1 aromatic heterocycles. The van der Waals surface area contributed by atoms with Crippen LogP contribution in [0.5, 0.6) is 0 Å². The van der Waals surface area contributed by atoms with Crippen LogP contribution in [0.2, 0.25) is 0 Å². The Morgan fingerprint density at radius 1 is 1.53 bits per heavy atom. The van der Waals surface area contributed by atoms with E-state index in [0.29, 0.717) is 0 Å². The van der Waals surface area contributed by atoms with Crippen molar-refractivity contribution in [2.45, 2.75) is 19.1 Å². The molecule has 0 amide bonds. The molecule has 1 aromatic carbocycles. The molecule has 0 saturated heterocycles. The van der Waals surface area contributed by atoms with Gasteiger partial charge in [-0.1, -0.05) is 15.9 Å². The van der Waals surface area contributed by atoms with E-state index >= 15 is 0 Å². The first-order valence-corrected chi connectivity index (χ1v) is 6.18. The van der Waals surface area contributed by atoms with Gasteiger partial charge in [0.2, 0.25) is 0 Å². The SMILES string of the molecule is CC(O)C(N)c1nc2ccc(Br)cc2s1. The number of benzene rings is 1. The molecule has 0 aliphatic carbocycles. The molecule has 0 spiro atoms. The van der Waals surface area contributed by atoms with Gasteiger partial charge in [0.25, 0.3) is 0 Å². The third kappa shape index (κ3) is 2.20. The lowest BCUT2D eigenvalue weighted by atomic mass is 10.2. The zero-order valence-electron chi connectivity index (χ0n) is 8.14.